The van der Waals surface area contributed by atoms with Gasteiger partial charge in [-0.15, -0.1) is 11.3 Å². The third kappa shape index (κ3) is 3.68. The van der Waals surface area contributed by atoms with Gasteiger partial charge in [0.1, 0.15) is 10.7 Å². The van der Waals surface area contributed by atoms with Crippen LogP contribution in [0.1, 0.15) is 23.8 Å². The minimum absolute atomic E-state index is 0.0414. The first kappa shape index (κ1) is 15.9. The van der Waals surface area contributed by atoms with Crippen LogP contribution in [0, 0.1) is 0 Å². The molecule has 0 saturated carbocycles. The van der Waals surface area contributed by atoms with E-state index in [2.05, 4.69) is 33.4 Å². The summed E-state index contributed by atoms with van der Waals surface area (Å²) in [5, 5.41) is 9.80. The second-order valence-electron chi connectivity index (χ2n) is 5.93. The van der Waals surface area contributed by atoms with Crippen molar-refractivity contribution < 1.29 is 4.79 Å². The van der Waals surface area contributed by atoms with Gasteiger partial charge in [0.25, 0.3) is 5.91 Å². The molecule has 0 saturated heterocycles. The molecule has 0 bridgehead atoms. The first-order valence-corrected chi connectivity index (χ1v) is 8.54. The maximum absolute atomic E-state index is 12.4. The Morgan fingerprint density at radius 2 is 2.26 bits per heavy atom. The van der Waals surface area contributed by atoms with Crippen LogP contribution < -0.4 is 5.32 Å². The van der Waals surface area contributed by atoms with Crippen molar-refractivity contribution in [1.29, 1.82) is 0 Å². The summed E-state index contributed by atoms with van der Waals surface area (Å²) in [5.41, 5.74) is 2.69. The lowest BCUT2D eigenvalue weighted by Gasteiger charge is -2.25. The number of rotatable bonds is 4. The van der Waals surface area contributed by atoms with Crippen molar-refractivity contribution in [3.63, 3.8) is 0 Å². The lowest BCUT2D eigenvalue weighted by atomic mass is 10.0. The fourth-order valence-corrected chi connectivity index (χ4v) is 3.36. The summed E-state index contributed by atoms with van der Waals surface area (Å²) in [6, 6.07) is 0.0414. The zero-order valence-corrected chi connectivity index (χ0v) is 14.4. The maximum atomic E-state index is 12.4. The van der Waals surface area contributed by atoms with Gasteiger partial charge in [-0.3, -0.25) is 9.48 Å². The monoisotopic (exact) mass is 331 g/mol. The minimum Gasteiger partial charge on any atom is -0.344 e. The number of aryl methyl sites for hydroxylation is 1. The van der Waals surface area contributed by atoms with Gasteiger partial charge in [-0.05, 0) is 26.0 Å². The number of nitrogens with one attached hydrogen (secondary N) is 1. The predicted molar refractivity (Wildman–Crippen MR) is 91.4 cm³/mol. The smallest absolute Gasteiger partial charge is 0.271 e. The Morgan fingerprint density at radius 3 is 2.91 bits per heavy atom. The zero-order valence-electron chi connectivity index (χ0n) is 13.6. The molecule has 2 aromatic heterocycles. The molecule has 0 fully saturated rings. The van der Waals surface area contributed by atoms with Gasteiger partial charge in [0, 0.05) is 43.3 Å². The molecule has 3 heterocycles. The largest absolute Gasteiger partial charge is 0.344 e. The second-order valence-corrected chi connectivity index (χ2v) is 6.79. The number of hydrogen-bond donors (Lipinski definition) is 1. The molecule has 7 heteroatoms. The van der Waals surface area contributed by atoms with E-state index in [0.717, 1.165) is 30.1 Å². The fourth-order valence-electron chi connectivity index (χ4n) is 2.59. The van der Waals surface area contributed by atoms with E-state index in [-0.39, 0.29) is 11.9 Å². The highest BCUT2D eigenvalue weighted by Gasteiger charge is 2.18. The lowest BCUT2D eigenvalue weighted by molar-refractivity contribution is 0.0940. The summed E-state index contributed by atoms with van der Waals surface area (Å²) >= 11 is 1.46. The summed E-state index contributed by atoms with van der Waals surface area (Å²) in [7, 11) is 3.97. The summed E-state index contributed by atoms with van der Waals surface area (Å²) in [5.74, 6) is -0.122. The molecule has 0 aliphatic carbocycles. The molecule has 2 aromatic rings. The van der Waals surface area contributed by atoms with Gasteiger partial charge >= 0.3 is 0 Å². The Morgan fingerprint density at radius 1 is 1.43 bits per heavy atom. The van der Waals surface area contributed by atoms with E-state index >= 15 is 0 Å². The van der Waals surface area contributed by atoms with Crippen LogP contribution >= 0.6 is 11.3 Å². The Kier molecular flexibility index (Phi) is 4.58. The molecule has 3 rings (SSSR count). The number of aromatic nitrogens is 3. The van der Waals surface area contributed by atoms with E-state index in [1.807, 2.05) is 20.2 Å². The van der Waals surface area contributed by atoms with E-state index in [1.54, 1.807) is 16.3 Å². The highest BCUT2D eigenvalue weighted by molar-refractivity contribution is 7.13. The number of thiazole rings is 1. The van der Waals surface area contributed by atoms with Crippen LogP contribution in [0.25, 0.3) is 10.6 Å². The predicted octanol–water partition coefficient (Wildman–Crippen LogP) is 1.92. The third-order valence-electron chi connectivity index (χ3n) is 4.04. The number of hydrogen-bond acceptors (Lipinski definition) is 5. The van der Waals surface area contributed by atoms with Crippen molar-refractivity contribution >= 4 is 17.2 Å². The Bertz CT molecular complexity index is 732. The average Bonchev–Trinajstić information content (AvgIpc) is 3.16. The van der Waals surface area contributed by atoms with Crippen molar-refractivity contribution in [1.82, 2.24) is 25.0 Å². The third-order valence-corrected chi connectivity index (χ3v) is 4.93. The van der Waals surface area contributed by atoms with Crippen LogP contribution in [0.2, 0.25) is 0 Å². The van der Waals surface area contributed by atoms with E-state index in [0.29, 0.717) is 5.69 Å². The van der Waals surface area contributed by atoms with Crippen LogP contribution in [0.15, 0.2) is 29.4 Å². The van der Waals surface area contributed by atoms with Crippen LogP contribution in [0.3, 0.4) is 0 Å². The lowest BCUT2D eigenvalue weighted by Crippen LogP contribution is -2.37. The van der Waals surface area contributed by atoms with Crippen LogP contribution in [0.4, 0.5) is 0 Å². The van der Waals surface area contributed by atoms with Crippen LogP contribution in [0.5, 0.6) is 0 Å². The molecule has 23 heavy (non-hydrogen) atoms. The summed E-state index contributed by atoms with van der Waals surface area (Å²) in [4.78, 5) is 19.1. The molecule has 1 aliphatic rings. The van der Waals surface area contributed by atoms with Gasteiger partial charge < -0.3 is 10.2 Å². The molecule has 1 unspecified atom stereocenters. The molecule has 1 atom stereocenters. The summed E-state index contributed by atoms with van der Waals surface area (Å²) in [6.07, 6.45) is 6.85. The van der Waals surface area contributed by atoms with Crippen LogP contribution in [-0.4, -0.2) is 51.8 Å². The van der Waals surface area contributed by atoms with Crippen molar-refractivity contribution in [3.8, 4) is 10.6 Å². The topological polar surface area (TPSA) is 63.1 Å². The van der Waals surface area contributed by atoms with E-state index in [9.17, 15) is 4.79 Å². The number of likely N-dealkylation sites (N-methyl/N-ethyl adjacent to an activating group) is 1. The molecule has 122 valence electrons. The molecule has 1 aliphatic heterocycles. The summed E-state index contributed by atoms with van der Waals surface area (Å²) < 4.78 is 1.73. The molecule has 6 nitrogen and oxygen atoms in total. The van der Waals surface area contributed by atoms with Gasteiger partial charge in [0.05, 0.1) is 6.20 Å². The Labute approximate surface area is 139 Å². The highest BCUT2D eigenvalue weighted by Crippen LogP contribution is 2.23. The Balaban J connectivity index is 1.66. The molecule has 0 aromatic carbocycles. The number of amides is 1. The van der Waals surface area contributed by atoms with Crippen molar-refractivity contribution in [2.45, 2.75) is 19.4 Å². The van der Waals surface area contributed by atoms with Gasteiger partial charge in [0.2, 0.25) is 0 Å². The maximum Gasteiger partial charge on any atom is 0.271 e. The van der Waals surface area contributed by atoms with Crippen molar-refractivity contribution in [3.05, 3.63) is 35.1 Å². The zero-order chi connectivity index (χ0) is 16.4. The normalized spacial score (nSPS) is 16.9. The number of carbonyl (C=O) groups is 1. The molecular weight excluding hydrogens is 310 g/mol. The van der Waals surface area contributed by atoms with E-state index in [4.69, 9.17) is 0 Å². The average molecular weight is 331 g/mol. The SMILES string of the molecule is CC(NC(=O)c1csc(-c2cnn(C)c2)n1)C1=CCN(C)CC1. The highest BCUT2D eigenvalue weighted by atomic mass is 32.1. The van der Waals surface area contributed by atoms with E-state index in [1.165, 1.54) is 16.9 Å². The first-order valence-electron chi connectivity index (χ1n) is 7.66. The molecule has 1 N–H and O–H groups in total. The Hall–Kier alpha value is -1.99. The molecule has 0 spiro atoms. The molecule has 1 amide bonds. The standard InChI is InChI=1S/C16H21N5OS/c1-11(12-4-6-20(2)7-5-12)18-15(22)14-10-23-16(19-14)13-8-17-21(3)9-13/h4,8-11H,5-7H2,1-3H3,(H,18,22). The van der Waals surface area contributed by atoms with E-state index < -0.39 is 0 Å². The van der Waals surface area contributed by atoms with Crippen molar-refractivity contribution in [2.75, 3.05) is 20.1 Å². The van der Waals surface area contributed by atoms with Gasteiger partial charge in [-0.25, -0.2) is 4.98 Å². The fraction of sp³-hybridized carbons (Fsp3) is 0.438. The number of carbonyl (C=O) groups excluding carboxylic acids is 1. The quantitative estimate of drug-likeness (QED) is 0.870. The van der Waals surface area contributed by atoms with Gasteiger partial charge in [-0.2, -0.15) is 5.10 Å². The van der Waals surface area contributed by atoms with Crippen LogP contribution in [-0.2, 0) is 7.05 Å². The van der Waals surface area contributed by atoms with Crippen molar-refractivity contribution in [2.24, 2.45) is 7.05 Å². The first-order chi connectivity index (χ1) is 11.0. The molecular formula is C16H21N5OS. The van der Waals surface area contributed by atoms with Gasteiger partial charge in [-0.1, -0.05) is 6.08 Å². The number of nitrogens with zero attached hydrogens (tertiary/aromatic N) is 4. The van der Waals surface area contributed by atoms with Gasteiger partial charge in [0.15, 0.2) is 0 Å². The minimum atomic E-state index is -0.122. The molecule has 0 radical (unpaired) electrons. The second kappa shape index (κ2) is 6.64. The summed E-state index contributed by atoms with van der Waals surface area (Å²) in [6.45, 7) is 4.01.